The number of aryl methyl sites for hydroxylation is 1. The van der Waals surface area contributed by atoms with E-state index in [1.165, 1.54) is 11.1 Å². The van der Waals surface area contributed by atoms with E-state index >= 15 is 0 Å². The third kappa shape index (κ3) is 5.72. The molecule has 2 heteroatoms. The SMILES string of the molecule is [CH3][Sn]([CH3])([CH3])/[CH]=C/[C@@H]1C[C@H](c2ccccc2)O[C@@H]1CCc1ccccc1. The van der Waals surface area contributed by atoms with Crippen LogP contribution in [0.3, 0.4) is 0 Å². The van der Waals surface area contributed by atoms with Gasteiger partial charge in [0.1, 0.15) is 0 Å². The molecule has 1 aliphatic rings. The predicted molar refractivity (Wildman–Crippen MR) is 109 cm³/mol. The van der Waals surface area contributed by atoms with Crippen LogP contribution in [0.15, 0.2) is 70.8 Å². The van der Waals surface area contributed by atoms with Gasteiger partial charge < -0.3 is 0 Å². The van der Waals surface area contributed by atoms with Gasteiger partial charge in [0.05, 0.1) is 0 Å². The van der Waals surface area contributed by atoms with Crippen molar-refractivity contribution in [3.8, 4) is 0 Å². The van der Waals surface area contributed by atoms with E-state index < -0.39 is 18.4 Å². The summed E-state index contributed by atoms with van der Waals surface area (Å²) in [4.78, 5) is 7.40. The van der Waals surface area contributed by atoms with Crippen molar-refractivity contribution >= 4 is 18.4 Å². The Hall–Kier alpha value is -1.06. The van der Waals surface area contributed by atoms with Crippen molar-refractivity contribution in [2.45, 2.75) is 46.3 Å². The van der Waals surface area contributed by atoms with Gasteiger partial charge in [-0.2, -0.15) is 0 Å². The molecule has 2 aromatic rings. The molecular formula is C23H30OSn. The Kier molecular flexibility index (Phi) is 6.40. The Morgan fingerprint density at radius 1 is 0.960 bits per heavy atom. The van der Waals surface area contributed by atoms with Crippen molar-refractivity contribution in [3.63, 3.8) is 0 Å². The first-order valence-corrected chi connectivity index (χ1v) is 19.7. The number of rotatable bonds is 6. The van der Waals surface area contributed by atoms with Crippen LogP contribution >= 0.6 is 0 Å². The van der Waals surface area contributed by atoms with E-state index in [2.05, 4.69) is 85.7 Å². The normalized spacial score (nSPS) is 24.0. The Bertz CT molecular complexity index is 672. The molecule has 0 aliphatic carbocycles. The molecule has 0 unspecified atom stereocenters. The Balaban J connectivity index is 1.71. The fourth-order valence-corrected chi connectivity index (χ4v) is 5.85. The van der Waals surface area contributed by atoms with Gasteiger partial charge in [0.15, 0.2) is 0 Å². The molecule has 0 radical (unpaired) electrons. The fraction of sp³-hybridized carbons (Fsp3) is 0.391. The van der Waals surface area contributed by atoms with Gasteiger partial charge in [0, 0.05) is 0 Å². The molecule has 3 atom stereocenters. The van der Waals surface area contributed by atoms with E-state index in [1.54, 1.807) is 0 Å². The van der Waals surface area contributed by atoms with Gasteiger partial charge in [0.2, 0.25) is 0 Å². The molecule has 2 aromatic carbocycles. The second-order valence-corrected chi connectivity index (χ2v) is 22.7. The van der Waals surface area contributed by atoms with E-state index in [-0.39, 0.29) is 6.10 Å². The topological polar surface area (TPSA) is 9.23 Å². The average molecular weight is 441 g/mol. The summed E-state index contributed by atoms with van der Waals surface area (Å²) in [7, 11) is 0. The molecule has 1 aliphatic heterocycles. The summed E-state index contributed by atoms with van der Waals surface area (Å²) in [6, 6.07) is 21.5. The second kappa shape index (κ2) is 8.55. The van der Waals surface area contributed by atoms with Crippen LogP contribution in [-0.4, -0.2) is 24.5 Å². The van der Waals surface area contributed by atoms with Gasteiger partial charge in [-0.05, 0) is 0 Å². The summed E-state index contributed by atoms with van der Waals surface area (Å²) in [6.45, 7) is 0. The van der Waals surface area contributed by atoms with Gasteiger partial charge in [-0.15, -0.1) is 0 Å². The maximum atomic E-state index is 6.52. The molecule has 0 saturated carbocycles. The zero-order valence-electron chi connectivity index (χ0n) is 15.7. The molecule has 3 rings (SSSR count). The van der Waals surface area contributed by atoms with Crippen LogP contribution in [0.25, 0.3) is 0 Å². The molecule has 1 saturated heterocycles. The van der Waals surface area contributed by atoms with Gasteiger partial charge >= 0.3 is 157 Å². The van der Waals surface area contributed by atoms with Gasteiger partial charge in [-0.25, -0.2) is 0 Å². The first-order valence-electron chi connectivity index (χ1n) is 9.45. The first-order chi connectivity index (χ1) is 12.0. The molecule has 0 bridgehead atoms. The summed E-state index contributed by atoms with van der Waals surface area (Å²) < 4.78 is 9.08. The van der Waals surface area contributed by atoms with Crippen LogP contribution in [0.1, 0.15) is 30.1 Å². The van der Waals surface area contributed by atoms with Crippen molar-refractivity contribution in [2.24, 2.45) is 5.92 Å². The van der Waals surface area contributed by atoms with Crippen LogP contribution in [0.2, 0.25) is 14.8 Å². The molecule has 1 heterocycles. The molecule has 25 heavy (non-hydrogen) atoms. The molecule has 1 nitrogen and oxygen atoms in total. The quantitative estimate of drug-likeness (QED) is 0.486. The minimum absolute atomic E-state index is 0.242. The summed E-state index contributed by atoms with van der Waals surface area (Å²) in [6.07, 6.45) is 6.37. The number of ether oxygens (including phenoxy) is 1. The average Bonchev–Trinajstić information content (AvgIpc) is 3.02. The zero-order valence-corrected chi connectivity index (χ0v) is 18.5. The van der Waals surface area contributed by atoms with Crippen molar-refractivity contribution in [1.82, 2.24) is 0 Å². The summed E-state index contributed by atoms with van der Waals surface area (Å²) in [5.74, 6) is 0.546. The Labute approximate surface area is 157 Å². The van der Waals surface area contributed by atoms with Crippen LogP contribution in [0.5, 0.6) is 0 Å². The molecule has 0 aromatic heterocycles. The van der Waals surface area contributed by atoms with Crippen molar-refractivity contribution in [1.29, 1.82) is 0 Å². The molecule has 1 fully saturated rings. The molecule has 0 N–H and O–H groups in total. The third-order valence-corrected chi connectivity index (χ3v) is 8.28. The number of benzene rings is 2. The van der Waals surface area contributed by atoms with Gasteiger partial charge in [-0.1, -0.05) is 0 Å². The van der Waals surface area contributed by atoms with Crippen molar-refractivity contribution in [2.75, 3.05) is 0 Å². The predicted octanol–water partition coefficient (Wildman–Crippen LogP) is 6.20. The first kappa shape index (κ1) is 18.7. The van der Waals surface area contributed by atoms with Crippen LogP contribution in [0, 0.1) is 5.92 Å². The fourth-order valence-electron chi connectivity index (χ4n) is 3.50. The standard InChI is InChI=1S/C20H21O.3CH3.Sn/c1-2-17-15-20(18-11-7-4-8-12-18)21-19(17)14-13-16-9-5-3-6-10-16;;;;/h1-12,17,19-20H,13-15H2;3*1H3;/t17-,19-,20-;;;;/m1..../s1. The van der Waals surface area contributed by atoms with E-state index in [0.717, 1.165) is 19.3 Å². The number of hydrogen-bond donors (Lipinski definition) is 0. The van der Waals surface area contributed by atoms with Crippen molar-refractivity contribution in [3.05, 3.63) is 82.0 Å². The van der Waals surface area contributed by atoms with E-state index in [4.69, 9.17) is 4.74 Å². The van der Waals surface area contributed by atoms with Gasteiger partial charge in [0.25, 0.3) is 0 Å². The molecule has 0 spiro atoms. The Morgan fingerprint density at radius 2 is 1.60 bits per heavy atom. The minimum atomic E-state index is -1.89. The maximum absolute atomic E-state index is 6.52. The Morgan fingerprint density at radius 3 is 2.24 bits per heavy atom. The van der Waals surface area contributed by atoms with Crippen LogP contribution < -0.4 is 0 Å². The zero-order chi connectivity index (χ0) is 17.7. The van der Waals surface area contributed by atoms with Crippen molar-refractivity contribution < 1.29 is 4.74 Å². The summed E-state index contributed by atoms with van der Waals surface area (Å²) in [5, 5.41) is 0. The van der Waals surface area contributed by atoms with E-state index in [0.29, 0.717) is 12.0 Å². The van der Waals surface area contributed by atoms with Crippen LogP contribution in [-0.2, 0) is 11.2 Å². The van der Waals surface area contributed by atoms with Crippen LogP contribution in [0.4, 0.5) is 0 Å². The molecule has 132 valence electrons. The van der Waals surface area contributed by atoms with Gasteiger partial charge in [-0.3, -0.25) is 0 Å². The third-order valence-electron chi connectivity index (χ3n) is 4.88. The summed E-state index contributed by atoms with van der Waals surface area (Å²) >= 11 is -1.89. The summed E-state index contributed by atoms with van der Waals surface area (Å²) in [5.41, 5.74) is 2.73. The molecule has 0 amide bonds. The number of hydrogen-bond acceptors (Lipinski definition) is 1. The molecular weight excluding hydrogens is 411 g/mol. The second-order valence-electron chi connectivity index (χ2n) is 8.22. The van der Waals surface area contributed by atoms with E-state index in [1.807, 2.05) is 0 Å². The van der Waals surface area contributed by atoms with E-state index in [9.17, 15) is 0 Å². The monoisotopic (exact) mass is 442 g/mol.